The van der Waals surface area contributed by atoms with Crippen LogP contribution in [-0.4, -0.2) is 25.6 Å². The molecule has 0 spiro atoms. The summed E-state index contributed by atoms with van der Waals surface area (Å²) < 4.78 is 2.20. The van der Waals surface area contributed by atoms with Gasteiger partial charge in [-0.15, -0.1) is 0 Å². The molecule has 2 atom stereocenters. The van der Waals surface area contributed by atoms with Crippen LogP contribution in [0.3, 0.4) is 0 Å². The summed E-state index contributed by atoms with van der Waals surface area (Å²) in [5.41, 5.74) is 6.57. The monoisotopic (exact) mass is 544 g/mol. The third-order valence-electron chi connectivity index (χ3n) is 6.80. The van der Waals surface area contributed by atoms with Crippen molar-refractivity contribution < 1.29 is 4.79 Å². The summed E-state index contributed by atoms with van der Waals surface area (Å²) in [6, 6.07) is 17.3. The predicted molar refractivity (Wildman–Crippen MR) is 156 cm³/mol. The van der Waals surface area contributed by atoms with Gasteiger partial charge in [0.2, 0.25) is 5.91 Å². The van der Waals surface area contributed by atoms with Crippen molar-refractivity contribution in [3.8, 4) is 5.69 Å². The zero-order chi connectivity index (χ0) is 27.0. The topological polar surface area (TPSA) is 75.1 Å². The SMILES string of the molecule is Cc1cc([C@H]2[C@H](c3ccccn3)NC(=S)N2c2ccc(NC(=O)C(C)C)c(Cl)c2)c(C)n1-c1cccnc1. The van der Waals surface area contributed by atoms with E-state index in [-0.39, 0.29) is 23.9 Å². The Morgan fingerprint density at radius 3 is 2.55 bits per heavy atom. The second kappa shape index (κ2) is 10.6. The van der Waals surface area contributed by atoms with E-state index in [1.807, 2.05) is 68.6 Å². The van der Waals surface area contributed by atoms with Crippen LogP contribution in [0.15, 0.2) is 73.2 Å². The Kier molecular flexibility index (Phi) is 7.19. The molecule has 0 unspecified atom stereocenters. The first-order valence-corrected chi connectivity index (χ1v) is 13.2. The Bertz CT molecular complexity index is 1490. The standard InChI is InChI=1S/C29H29ClN6OS/c1-17(2)28(37)33-24-11-10-20(15-23(24)30)36-27(26(34-29(36)38)25-9-5-6-13-32-25)22-14-18(3)35(19(22)4)21-8-7-12-31-16-21/h5-17,26-27H,1-4H3,(H,33,37)(H,34,38)/t26-,27-/m0/s1. The van der Waals surface area contributed by atoms with Crippen molar-refractivity contribution in [3.63, 3.8) is 0 Å². The van der Waals surface area contributed by atoms with Crippen molar-refractivity contribution in [1.29, 1.82) is 0 Å². The minimum absolute atomic E-state index is 0.0889. The number of benzene rings is 1. The molecule has 1 amide bonds. The van der Waals surface area contributed by atoms with Gasteiger partial charge in [0.1, 0.15) is 0 Å². The average Bonchev–Trinajstić information content (AvgIpc) is 3.41. The van der Waals surface area contributed by atoms with E-state index in [1.165, 1.54) is 0 Å². The van der Waals surface area contributed by atoms with Gasteiger partial charge in [0.05, 0.1) is 40.4 Å². The molecular formula is C29H29ClN6OS. The first-order chi connectivity index (χ1) is 18.3. The molecule has 4 aromatic rings. The second-order valence-corrected chi connectivity index (χ2v) is 10.5. The summed E-state index contributed by atoms with van der Waals surface area (Å²) >= 11 is 12.6. The molecule has 0 bridgehead atoms. The van der Waals surface area contributed by atoms with Crippen molar-refractivity contribution in [2.24, 2.45) is 5.92 Å². The number of aromatic nitrogens is 3. The molecule has 1 aliphatic rings. The van der Waals surface area contributed by atoms with Gasteiger partial charge in [-0.3, -0.25) is 14.8 Å². The number of anilines is 2. The lowest BCUT2D eigenvalue weighted by molar-refractivity contribution is -0.118. The lowest BCUT2D eigenvalue weighted by Crippen LogP contribution is -2.29. The minimum Gasteiger partial charge on any atom is -0.351 e. The summed E-state index contributed by atoms with van der Waals surface area (Å²) in [5.74, 6) is -0.242. The third-order valence-corrected chi connectivity index (χ3v) is 7.43. The highest BCUT2D eigenvalue weighted by atomic mass is 35.5. The van der Waals surface area contributed by atoms with Crippen LogP contribution >= 0.6 is 23.8 Å². The van der Waals surface area contributed by atoms with E-state index in [4.69, 9.17) is 23.8 Å². The van der Waals surface area contributed by atoms with Crippen LogP contribution in [0.5, 0.6) is 0 Å². The normalized spacial score (nSPS) is 17.1. The van der Waals surface area contributed by atoms with E-state index in [0.717, 1.165) is 34.0 Å². The van der Waals surface area contributed by atoms with Gasteiger partial charge in [-0.2, -0.15) is 0 Å². The van der Waals surface area contributed by atoms with Crippen molar-refractivity contribution in [3.05, 3.63) is 101 Å². The van der Waals surface area contributed by atoms with Gasteiger partial charge in [-0.05, 0) is 80.2 Å². The molecular weight excluding hydrogens is 516 g/mol. The Hall–Kier alpha value is -3.75. The molecule has 0 radical (unpaired) electrons. The number of halogens is 1. The van der Waals surface area contributed by atoms with Gasteiger partial charge in [-0.1, -0.05) is 31.5 Å². The van der Waals surface area contributed by atoms with Crippen LogP contribution in [0, 0.1) is 19.8 Å². The largest absolute Gasteiger partial charge is 0.351 e. The number of amides is 1. The maximum atomic E-state index is 12.3. The van der Waals surface area contributed by atoms with Gasteiger partial charge >= 0.3 is 0 Å². The summed E-state index contributed by atoms with van der Waals surface area (Å²) in [6.45, 7) is 7.89. The number of rotatable bonds is 6. The predicted octanol–water partition coefficient (Wildman–Crippen LogP) is 6.31. The molecule has 0 saturated carbocycles. The van der Waals surface area contributed by atoms with Crippen LogP contribution < -0.4 is 15.5 Å². The van der Waals surface area contributed by atoms with E-state index < -0.39 is 0 Å². The van der Waals surface area contributed by atoms with E-state index >= 15 is 0 Å². The van der Waals surface area contributed by atoms with Gasteiger partial charge in [-0.25, -0.2) is 0 Å². The van der Waals surface area contributed by atoms with Crippen LogP contribution in [-0.2, 0) is 4.79 Å². The quantitative estimate of drug-likeness (QED) is 0.277. The number of thiocarbonyl (C=S) groups is 1. The maximum Gasteiger partial charge on any atom is 0.226 e. The first kappa shape index (κ1) is 25.9. The molecule has 3 aromatic heterocycles. The Labute approximate surface area is 232 Å². The van der Waals surface area contributed by atoms with Crippen LogP contribution in [0.4, 0.5) is 11.4 Å². The molecule has 1 saturated heterocycles. The number of carbonyl (C=O) groups excluding carboxylic acids is 1. The maximum absolute atomic E-state index is 12.3. The molecule has 4 heterocycles. The molecule has 1 fully saturated rings. The minimum atomic E-state index is -0.193. The summed E-state index contributed by atoms with van der Waals surface area (Å²) in [4.78, 5) is 23.3. The van der Waals surface area contributed by atoms with Crippen LogP contribution in [0.2, 0.25) is 5.02 Å². The van der Waals surface area contributed by atoms with Gasteiger partial charge in [0, 0.05) is 35.4 Å². The van der Waals surface area contributed by atoms with Crippen LogP contribution in [0.1, 0.15) is 48.6 Å². The van der Waals surface area contributed by atoms with Gasteiger partial charge < -0.3 is 20.1 Å². The summed E-state index contributed by atoms with van der Waals surface area (Å²) in [6.07, 6.45) is 5.43. The number of hydrogen-bond donors (Lipinski definition) is 2. The Balaban J connectivity index is 1.61. The smallest absolute Gasteiger partial charge is 0.226 e. The van der Waals surface area contributed by atoms with E-state index in [2.05, 4.69) is 50.0 Å². The number of nitrogens with one attached hydrogen (secondary N) is 2. The van der Waals surface area contributed by atoms with Crippen molar-refractivity contribution in [1.82, 2.24) is 19.9 Å². The van der Waals surface area contributed by atoms with Crippen LogP contribution in [0.25, 0.3) is 5.69 Å². The molecule has 194 valence electrons. The van der Waals surface area contributed by atoms with E-state index in [0.29, 0.717) is 15.8 Å². The molecule has 0 aliphatic carbocycles. The van der Waals surface area contributed by atoms with Crippen molar-refractivity contribution in [2.75, 3.05) is 10.2 Å². The number of carbonyl (C=O) groups is 1. The zero-order valence-corrected chi connectivity index (χ0v) is 23.2. The van der Waals surface area contributed by atoms with E-state index in [9.17, 15) is 4.79 Å². The fourth-order valence-corrected chi connectivity index (χ4v) is 5.52. The van der Waals surface area contributed by atoms with Crippen molar-refractivity contribution in [2.45, 2.75) is 39.8 Å². The third kappa shape index (κ3) is 4.77. The molecule has 1 aromatic carbocycles. The lowest BCUT2D eigenvalue weighted by atomic mass is 9.96. The van der Waals surface area contributed by atoms with Crippen molar-refractivity contribution >= 4 is 46.2 Å². The number of nitrogens with zero attached hydrogens (tertiary/aromatic N) is 4. The molecule has 2 N–H and O–H groups in total. The fraction of sp³-hybridized carbons (Fsp3) is 0.241. The molecule has 1 aliphatic heterocycles. The molecule has 9 heteroatoms. The highest BCUT2D eigenvalue weighted by Gasteiger charge is 2.42. The van der Waals surface area contributed by atoms with Gasteiger partial charge in [0.25, 0.3) is 0 Å². The fourth-order valence-electron chi connectivity index (χ4n) is 4.95. The Morgan fingerprint density at radius 1 is 1.08 bits per heavy atom. The highest BCUT2D eigenvalue weighted by molar-refractivity contribution is 7.80. The molecule has 7 nitrogen and oxygen atoms in total. The average molecular weight is 545 g/mol. The summed E-state index contributed by atoms with van der Waals surface area (Å²) in [5, 5.41) is 7.42. The molecule has 38 heavy (non-hydrogen) atoms. The Morgan fingerprint density at radius 2 is 1.89 bits per heavy atom. The van der Waals surface area contributed by atoms with E-state index in [1.54, 1.807) is 12.4 Å². The molecule has 5 rings (SSSR count). The summed E-state index contributed by atoms with van der Waals surface area (Å²) in [7, 11) is 0. The van der Waals surface area contributed by atoms with Gasteiger partial charge in [0.15, 0.2) is 5.11 Å². The highest BCUT2D eigenvalue weighted by Crippen LogP contribution is 2.44. The zero-order valence-electron chi connectivity index (χ0n) is 21.6. The number of pyridine rings is 2. The first-order valence-electron chi connectivity index (χ1n) is 12.5. The number of aryl methyl sites for hydroxylation is 1. The number of hydrogen-bond acceptors (Lipinski definition) is 4. The second-order valence-electron chi connectivity index (χ2n) is 9.68. The lowest BCUT2D eigenvalue weighted by Gasteiger charge is -2.28.